The molecule has 1 heterocycles. The van der Waals surface area contributed by atoms with Gasteiger partial charge in [0.25, 0.3) is 0 Å². The molecule has 0 aliphatic carbocycles. The van der Waals surface area contributed by atoms with Crippen LogP contribution in [0, 0.1) is 11.3 Å². The number of carbonyl (C=O) groups is 2. The summed E-state index contributed by atoms with van der Waals surface area (Å²) in [4.78, 5) is 26.5. The molecular formula is C14H10F6N2O5. The highest BCUT2D eigenvalue weighted by atomic mass is 19.4. The van der Waals surface area contributed by atoms with Crippen LogP contribution in [0.2, 0.25) is 0 Å². The number of pyridine rings is 1. The van der Waals surface area contributed by atoms with E-state index in [-0.39, 0.29) is 6.61 Å². The van der Waals surface area contributed by atoms with Gasteiger partial charge >= 0.3 is 24.5 Å². The average molecular weight is 400 g/mol. The van der Waals surface area contributed by atoms with Gasteiger partial charge < -0.3 is 14.2 Å². The van der Waals surface area contributed by atoms with Gasteiger partial charge in [0.05, 0.1) is 13.2 Å². The van der Waals surface area contributed by atoms with Crippen LogP contribution in [0.1, 0.15) is 46.0 Å². The Morgan fingerprint density at radius 2 is 1.67 bits per heavy atom. The largest absolute Gasteiger partial charge is 0.575 e. The molecule has 0 aliphatic rings. The Morgan fingerprint density at radius 1 is 1.07 bits per heavy atom. The summed E-state index contributed by atoms with van der Waals surface area (Å²) < 4.78 is 88.8. The van der Waals surface area contributed by atoms with E-state index in [2.05, 4.69) is 14.5 Å². The van der Waals surface area contributed by atoms with Crippen molar-refractivity contribution in [2.75, 3.05) is 13.2 Å². The minimum absolute atomic E-state index is 0.346. The standard InChI is InChI=1S/C14H10F6N2O5/c1-3-25-9-6(5-21)10(13(15,16)17)22-8(7(9)11(23)26-4-2)12(24)27-14(18,19)20/h3-4H2,1-2H3. The van der Waals surface area contributed by atoms with Crippen LogP contribution < -0.4 is 4.74 Å². The fraction of sp³-hybridized carbons (Fsp3) is 0.429. The highest BCUT2D eigenvalue weighted by Crippen LogP contribution is 2.38. The van der Waals surface area contributed by atoms with Crippen LogP contribution in [0.15, 0.2) is 0 Å². The molecule has 1 aromatic rings. The number of rotatable bonds is 5. The lowest BCUT2D eigenvalue weighted by atomic mass is 10.0. The van der Waals surface area contributed by atoms with Crippen molar-refractivity contribution in [1.82, 2.24) is 4.98 Å². The van der Waals surface area contributed by atoms with Crippen LogP contribution in [-0.2, 0) is 15.7 Å². The molecule has 0 amide bonds. The van der Waals surface area contributed by atoms with Crippen LogP contribution in [0.4, 0.5) is 26.3 Å². The smallest absolute Gasteiger partial charge is 0.491 e. The monoisotopic (exact) mass is 400 g/mol. The normalized spacial score (nSPS) is 11.5. The summed E-state index contributed by atoms with van der Waals surface area (Å²) in [5.41, 5.74) is -6.15. The van der Waals surface area contributed by atoms with Gasteiger partial charge in [0.2, 0.25) is 0 Å². The zero-order valence-electron chi connectivity index (χ0n) is 13.6. The Hall–Kier alpha value is -3.04. The number of nitrogens with zero attached hydrogens (tertiary/aromatic N) is 2. The van der Waals surface area contributed by atoms with Gasteiger partial charge in [0.15, 0.2) is 17.1 Å². The summed E-state index contributed by atoms with van der Waals surface area (Å²) >= 11 is 0. The lowest BCUT2D eigenvalue weighted by Gasteiger charge is -2.18. The molecule has 7 nitrogen and oxygen atoms in total. The molecule has 0 saturated heterocycles. The van der Waals surface area contributed by atoms with Gasteiger partial charge in [-0.3, -0.25) is 0 Å². The van der Waals surface area contributed by atoms with Gasteiger partial charge in [-0.05, 0) is 13.8 Å². The fourth-order valence-electron chi connectivity index (χ4n) is 1.85. The maximum absolute atomic E-state index is 13.2. The van der Waals surface area contributed by atoms with E-state index in [0.29, 0.717) is 0 Å². The van der Waals surface area contributed by atoms with E-state index in [9.17, 15) is 35.9 Å². The third-order valence-electron chi connectivity index (χ3n) is 2.70. The van der Waals surface area contributed by atoms with Gasteiger partial charge in [0, 0.05) is 0 Å². The van der Waals surface area contributed by atoms with E-state index in [4.69, 9.17) is 10.00 Å². The molecule has 0 bridgehead atoms. The first-order valence-corrected chi connectivity index (χ1v) is 7.02. The predicted molar refractivity (Wildman–Crippen MR) is 72.6 cm³/mol. The fourth-order valence-corrected chi connectivity index (χ4v) is 1.85. The molecule has 0 N–H and O–H groups in total. The molecular weight excluding hydrogens is 390 g/mol. The molecule has 1 aromatic heterocycles. The van der Waals surface area contributed by atoms with Crippen LogP contribution in [-0.4, -0.2) is 36.5 Å². The summed E-state index contributed by atoms with van der Waals surface area (Å²) in [6.45, 7) is 1.81. The Kier molecular flexibility index (Phi) is 6.60. The van der Waals surface area contributed by atoms with E-state index >= 15 is 0 Å². The van der Waals surface area contributed by atoms with Gasteiger partial charge in [-0.15, -0.1) is 13.2 Å². The van der Waals surface area contributed by atoms with E-state index < -0.39 is 59.3 Å². The molecule has 0 spiro atoms. The van der Waals surface area contributed by atoms with Crippen molar-refractivity contribution in [1.29, 1.82) is 5.26 Å². The lowest BCUT2D eigenvalue weighted by Crippen LogP contribution is -2.26. The molecule has 0 radical (unpaired) electrons. The lowest BCUT2D eigenvalue weighted by molar-refractivity contribution is -0.292. The Morgan fingerprint density at radius 3 is 2.07 bits per heavy atom. The van der Waals surface area contributed by atoms with Crippen LogP contribution in [0.5, 0.6) is 5.75 Å². The minimum Gasteiger partial charge on any atom is -0.491 e. The topological polar surface area (TPSA) is 98.5 Å². The molecule has 0 aromatic carbocycles. The number of hydrogen-bond acceptors (Lipinski definition) is 7. The number of halogens is 6. The number of nitriles is 1. The summed E-state index contributed by atoms with van der Waals surface area (Å²) in [6, 6.07) is 1.12. The third-order valence-corrected chi connectivity index (χ3v) is 2.70. The second-order valence-electron chi connectivity index (χ2n) is 4.49. The maximum atomic E-state index is 13.2. The highest BCUT2D eigenvalue weighted by molar-refractivity contribution is 6.04. The zero-order chi connectivity index (χ0) is 21.0. The number of ether oxygens (including phenoxy) is 3. The first-order chi connectivity index (χ1) is 12.4. The van der Waals surface area contributed by atoms with E-state index in [1.165, 1.54) is 13.8 Å². The van der Waals surface area contributed by atoms with Crippen molar-refractivity contribution in [3.63, 3.8) is 0 Å². The Labute approximate surface area is 147 Å². The van der Waals surface area contributed by atoms with Gasteiger partial charge in [-0.25, -0.2) is 14.6 Å². The number of carbonyl (C=O) groups excluding carboxylic acids is 2. The quantitative estimate of drug-likeness (QED) is 0.553. The molecule has 27 heavy (non-hydrogen) atoms. The number of hydrogen-bond donors (Lipinski definition) is 0. The van der Waals surface area contributed by atoms with E-state index in [0.717, 1.165) is 6.07 Å². The van der Waals surface area contributed by atoms with Crippen molar-refractivity contribution in [3.05, 3.63) is 22.5 Å². The molecule has 0 saturated carbocycles. The number of esters is 2. The number of alkyl halides is 6. The predicted octanol–water partition coefficient (Wildman–Crippen LogP) is 3.22. The zero-order valence-corrected chi connectivity index (χ0v) is 13.6. The maximum Gasteiger partial charge on any atom is 0.575 e. The van der Waals surface area contributed by atoms with Crippen molar-refractivity contribution >= 4 is 11.9 Å². The van der Waals surface area contributed by atoms with Gasteiger partial charge in [-0.1, -0.05) is 0 Å². The Balaban J connectivity index is 3.91. The SMILES string of the molecule is CCOC(=O)c1c(C(=O)OC(F)(F)F)nc(C(F)(F)F)c(C#N)c1OCC. The van der Waals surface area contributed by atoms with Crippen molar-refractivity contribution in [3.8, 4) is 11.8 Å². The first-order valence-electron chi connectivity index (χ1n) is 7.02. The summed E-state index contributed by atoms with van der Waals surface area (Å²) in [7, 11) is 0. The molecule has 0 fully saturated rings. The molecule has 13 heteroatoms. The first kappa shape index (κ1) is 22.0. The van der Waals surface area contributed by atoms with Crippen molar-refractivity contribution < 1.29 is 50.1 Å². The second kappa shape index (κ2) is 8.11. The van der Waals surface area contributed by atoms with Gasteiger partial charge in [0.1, 0.15) is 17.2 Å². The minimum atomic E-state index is -5.57. The third kappa shape index (κ3) is 5.22. The average Bonchev–Trinajstić information content (AvgIpc) is 2.51. The number of aromatic nitrogens is 1. The van der Waals surface area contributed by atoms with Crippen molar-refractivity contribution in [2.45, 2.75) is 26.4 Å². The molecule has 0 atom stereocenters. The van der Waals surface area contributed by atoms with E-state index in [1.54, 1.807) is 0 Å². The van der Waals surface area contributed by atoms with E-state index in [1.807, 2.05) is 0 Å². The molecule has 0 aliphatic heterocycles. The molecule has 1 rings (SSSR count). The summed E-state index contributed by atoms with van der Waals surface area (Å²) in [5, 5.41) is 9.02. The van der Waals surface area contributed by atoms with Crippen LogP contribution >= 0.6 is 0 Å². The van der Waals surface area contributed by atoms with Crippen LogP contribution in [0.25, 0.3) is 0 Å². The van der Waals surface area contributed by atoms with Gasteiger partial charge in [-0.2, -0.15) is 18.4 Å². The molecule has 148 valence electrons. The van der Waals surface area contributed by atoms with Crippen molar-refractivity contribution in [2.24, 2.45) is 0 Å². The molecule has 0 unspecified atom stereocenters. The van der Waals surface area contributed by atoms with Crippen LogP contribution in [0.3, 0.4) is 0 Å². The summed E-state index contributed by atoms with van der Waals surface area (Å²) in [5.74, 6) is -5.01. The second-order valence-corrected chi connectivity index (χ2v) is 4.49. The Bertz CT molecular complexity index is 782. The summed E-state index contributed by atoms with van der Waals surface area (Å²) in [6.07, 6.45) is -10.9. The highest BCUT2D eigenvalue weighted by Gasteiger charge is 2.44.